The minimum atomic E-state index is -3.69. The van der Waals surface area contributed by atoms with Gasteiger partial charge in [-0.25, -0.2) is 13.6 Å². The van der Waals surface area contributed by atoms with Crippen molar-refractivity contribution >= 4 is 21.4 Å². The Balaban J connectivity index is 2.15. The largest absolute Gasteiger partial charge is 0.397 e. The highest BCUT2D eigenvalue weighted by Crippen LogP contribution is 2.30. The molecule has 1 aliphatic heterocycles. The second-order valence-corrected chi connectivity index (χ2v) is 7.40. The summed E-state index contributed by atoms with van der Waals surface area (Å²) in [4.78, 5) is 2.33. The van der Waals surface area contributed by atoms with Crippen LogP contribution in [0, 0.1) is 5.92 Å². The van der Waals surface area contributed by atoms with Gasteiger partial charge in [0.05, 0.1) is 16.3 Å². The highest BCUT2D eigenvalue weighted by molar-refractivity contribution is 7.89. The van der Waals surface area contributed by atoms with Crippen molar-refractivity contribution in [2.45, 2.75) is 43.9 Å². The maximum Gasteiger partial charge on any atom is 0.238 e. The zero-order valence-corrected chi connectivity index (χ0v) is 13.4. The van der Waals surface area contributed by atoms with Gasteiger partial charge in [0.2, 0.25) is 10.0 Å². The van der Waals surface area contributed by atoms with Gasteiger partial charge in [0.1, 0.15) is 0 Å². The number of nitrogen functional groups attached to an aromatic ring is 1. The second kappa shape index (κ2) is 6.66. The number of primary sulfonamides is 1. The summed E-state index contributed by atoms with van der Waals surface area (Å²) in [5.41, 5.74) is 7.43. The molecular weight excluding hydrogens is 286 g/mol. The minimum absolute atomic E-state index is 0.0717. The third-order valence-corrected chi connectivity index (χ3v) is 5.12. The van der Waals surface area contributed by atoms with Gasteiger partial charge in [0.15, 0.2) is 0 Å². The summed E-state index contributed by atoms with van der Waals surface area (Å²) in [5, 5.41) is 5.13. The van der Waals surface area contributed by atoms with E-state index in [4.69, 9.17) is 10.9 Å². The predicted octanol–water partition coefficient (Wildman–Crippen LogP) is 2.32. The Morgan fingerprint density at radius 2 is 2.05 bits per heavy atom. The first kappa shape index (κ1) is 16.1. The molecule has 0 amide bonds. The smallest absolute Gasteiger partial charge is 0.238 e. The molecule has 0 aromatic heterocycles. The molecule has 0 saturated carbocycles. The average molecular weight is 311 g/mol. The van der Waals surface area contributed by atoms with Crippen LogP contribution in [0.5, 0.6) is 0 Å². The van der Waals surface area contributed by atoms with Crippen LogP contribution in [0.3, 0.4) is 0 Å². The number of nitrogens with zero attached hydrogens (tertiary/aromatic N) is 1. The van der Waals surface area contributed by atoms with Gasteiger partial charge in [-0.3, -0.25) is 0 Å². The number of anilines is 2. The first-order valence-electron chi connectivity index (χ1n) is 7.59. The van der Waals surface area contributed by atoms with Crippen LogP contribution in [0.4, 0.5) is 11.4 Å². The molecule has 5 nitrogen and oxygen atoms in total. The molecule has 6 heteroatoms. The number of hydrogen-bond acceptors (Lipinski definition) is 4. The van der Waals surface area contributed by atoms with Crippen molar-refractivity contribution in [3.05, 3.63) is 18.2 Å². The lowest BCUT2D eigenvalue weighted by Gasteiger charge is -2.24. The van der Waals surface area contributed by atoms with Gasteiger partial charge < -0.3 is 10.6 Å². The predicted molar refractivity (Wildman–Crippen MR) is 86.7 cm³/mol. The lowest BCUT2D eigenvalue weighted by Crippen LogP contribution is -2.25. The Morgan fingerprint density at radius 3 is 2.67 bits per heavy atom. The molecule has 2 rings (SSSR count). The summed E-state index contributed by atoms with van der Waals surface area (Å²) in [7, 11) is -3.69. The van der Waals surface area contributed by atoms with Crippen molar-refractivity contribution in [2.24, 2.45) is 11.1 Å². The molecule has 1 heterocycles. The summed E-state index contributed by atoms with van der Waals surface area (Å²) >= 11 is 0. The molecule has 0 bridgehead atoms. The second-order valence-electron chi connectivity index (χ2n) is 5.84. The lowest BCUT2D eigenvalue weighted by molar-refractivity contribution is 0.435. The normalized spacial score (nSPS) is 20.3. The van der Waals surface area contributed by atoms with Gasteiger partial charge >= 0.3 is 0 Å². The van der Waals surface area contributed by atoms with Crippen molar-refractivity contribution in [3.8, 4) is 0 Å². The number of sulfonamides is 1. The molecule has 1 aromatic rings. The molecule has 1 unspecified atom stereocenters. The third kappa shape index (κ3) is 4.11. The van der Waals surface area contributed by atoms with Gasteiger partial charge in [-0.05, 0) is 43.4 Å². The number of benzene rings is 1. The molecule has 0 spiro atoms. The fourth-order valence-electron chi connectivity index (χ4n) is 3.10. The molecule has 1 atom stereocenters. The Bertz CT molecular complexity index is 587. The van der Waals surface area contributed by atoms with E-state index < -0.39 is 10.0 Å². The standard InChI is InChI=1S/C15H25N3O2S/c1-2-4-12-5-3-9-18(10-8-12)15-7-6-13(11-14(15)16)21(17,19)20/h6-7,11-12H,2-5,8-10,16H2,1H3,(H2,17,19,20). The molecule has 4 N–H and O–H groups in total. The molecular formula is C15H25N3O2S. The van der Waals surface area contributed by atoms with Crippen molar-refractivity contribution < 1.29 is 8.42 Å². The zero-order valence-electron chi connectivity index (χ0n) is 12.6. The Labute approximate surface area is 127 Å². The highest BCUT2D eigenvalue weighted by atomic mass is 32.2. The van der Waals surface area contributed by atoms with Crippen LogP contribution in [-0.2, 0) is 10.0 Å². The molecule has 1 aliphatic rings. The van der Waals surface area contributed by atoms with Crippen LogP contribution in [0.1, 0.15) is 39.0 Å². The molecule has 0 radical (unpaired) electrons. The minimum Gasteiger partial charge on any atom is -0.397 e. The average Bonchev–Trinajstić information content (AvgIpc) is 2.64. The Morgan fingerprint density at radius 1 is 1.29 bits per heavy atom. The van der Waals surface area contributed by atoms with Crippen LogP contribution in [0.15, 0.2) is 23.1 Å². The molecule has 0 aliphatic carbocycles. The topological polar surface area (TPSA) is 89.4 Å². The van der Waals surface area contributed by atoms with Crippen molar-refractivity contribution in [1.82, 2.24) is 0 Å². The zero-order chi connectivity index (χ0) is 15.5. The Kier molecular flexibility index (Phi) is 5.11. The van der Waals surface area contributed by atoms with E-state index >= 15 is 0 Å². The molecule has 1 saturated heterocycles. The maximum atomic E-state index is 11.4. The molecule has 1 aromatic carbocycles. The molecule has 118 valence electrons. The highest BCUT2D eigenvalue weighted by Gasteiger charge is 2.19. The number of hydrogen-bond donors (Lipinski definition) is 2. The Hall–Kier alpha value is -1.27. The summed E-state index contributed by atoms with van der Waals surface area (Å²) in [6.45, 7) is 4.18. The number of rotatable bonds is 4. The van der Waals surface area contributed by atoms with Gasteiger partial charge in [-0.15, -0.1) is 0 Å². The van der Waals surface area contributed by atoms with Crippen LogP contribution >= 0.6 is 0 Å². The van der Waals surface area contributed by atoms with E-state index in [2.05, 4.69) is 11.8 Å². The lowest BCUT2D eigenvalue weighted by atomic mass is 9.96. The van der Waals surface area contributed by atoms with Crippen LogP contribution in [0.25, 0.3) is 0 Å². The van der Waals surface area contributed by atoms with Crippen molar-refractivity contribution in [2.75, 3.05) is 23.7 Å². The fraction of sp³-hybridized carbons (Fsp3) is 0.600. The monoisotopic (exact) mass is 311 g/mol. The van der Waals surface area contributed by atoms with Gasteiger partial charge in [0.25, 0.3) is 0 Å². The summed E-state index contributed by atoms with van der Waals surface area (Å²) in [5.74, 6) is 0.796. The van der Waals surface area contributed by atoms with Crippen molar-refractivity contribution in [3.63, 3.8) is 0 Å². The van der Waals surface area contributed by atoms with E-state index in [9.17, 15) is 8.42 Å². The summed E-state index contributed by atoms with van der Waals surface area (Å²) < 4.78 is 22.7. The number of nitrogens with two attached hydrogens (primary N) is 2. The SMILES string of the molecule is CCCC1CCCN(c2ccc(S(N)(=O)=O)cc2N)CC1. The van der Waals surface area contributed by atoms with Gasteiger partial charge in [0, 0.05) is 13.1 Å². The van der Waals surface area contributed by atoms with Crippen LogP contribution in [0.2, 0.25) is 0 Å². The third-order valence-electron chi connectivity index (χ3n) is 4.21. The van der Waals surface area contributed by atoms with Gasteiger partial charge in [-0.2, -0.15) is 0 Å². The van der Waals surface area contributed by atoms with E-state index in [0.717, 1.165) is 31.1 Å². The van der Waals surface area contributed by atoms with Crippen molar-refractivity contribution in [1.29, 1.82) is 0 Å². The van der Waals surface area contributed by atoms with E-state index in [0.29, 0.717) is 5.69 Å². The van der Waals surface area contributed by atoms with Crippen LogP contribution in [-0.4, -0.2) is 21.5 Å². The molecule has 21 heavy (non-hydrogen) atoms. The van der Waals surface area contributed by atoms with E-state index in [1.54, 1.807) is 6.07 Å². The first-order chi connectivity index (χ1) is 9.91. The van der Waals surface area contributed by atoms with Gasteiger partial charge in [-0.1, -0.05) is 19.8 Å². The maximum absolute atomic E-state index is 11.4. The fourth-order valence-corrected chi connectivity index (χ4v) is 3.65. The summed E-state index contributed by atoms with van der Waals surface area (Å²) in [6, 6.07) is 4.77. The van der Waals surface area contributed by atoms with E-state index in [1.807, 2.05) is 0 Å². The quantitative estimate of drug-likeness (QED) is 0.835. The van der Waals surface area contributed by atoms with E-state index in [-0.39, 0.29) is 4.90 Å². The van der Waals surface area contributed by atoms with Crippen LogP contribution < -0.4 is 15.8 Å². The summed E-state index contributed by atoms with van der Waals surface area (Å²) in [6.07, 6.45) is 6.11. The van der Waals surface area contributed by atoms with E-state index in [1.165, 1.54) is 37.8 Å². The first-order valence-corrected chi connectivity index (χ1v) is 9.13. The molecule has 1 fully saturated rings.